The Morgan fingerprint density at radius 3 is 2.62 bits per heavy atom. The van der Waals surface area contributed by atoms with Crippen LogP contribution in [0.3, 0.4) is 0 Å². The summed E-state index contributed by atoms with van der Waals surface area (Å²) in [5.41, 5.74) is 0.337. The number of pyridine rings is 1. The van der Waals surface area contributed by atoms with E-state index in [4.69, 9.17) is 16.3 Å². The minimum atomic E-state index is -4.39. The molecule has 0 radical (unpaired) electrons. The van der Waals surface area contributed by atoms with Crippen molar-refractivity contribution in [2.24, 2.45) is 0 Å². The monoisotopic (exact) mass is 255 g/mol. The maximum atomic E-state index is 12.0. The van der Waals surface area contributed by atoms with Crippen LogP contribution in [0.15, 0.2) is 12.3 Å². The second-order valence-corrected chi connectivity index (χ2v) is 3.09. The number of nitrogens with zero attached hydrogens (tertiary/aromatic N) is 1. The summed E-state index contributed by atoms with van der Waals surface area (Å²) < 4.78 is 45.3. The highest BCUT2D eigenvalue weighted by atomic mass is 35.5. The van der Waals surface area contributed by atoms with Crippen molar-refractivity contribution in [1.29, 1.82) is 0 Å². The van der Waals surface area contributed by atoms with Gasteiger partial charge in [-0.15, -0.1) is 11.6 Å². The van der Waals surface area contributed by atoms with Crippen LogP contribution in [0.2, 0.25) is 0 Å². The molecule has 0 spiro atoms. The lowest BCUT2D eigenvalue weighted by Crippen LogP contribution is -2.19. The molecule has 1 aromatic heterocycles. The lowest BCUT2D eigenvalue weighted by atomic mass is 10.3. The van der Waals surface area contributed by atoms with Gasteiger partial charge in [0.05, 0.1) is 13.0 Å². The van der Waals surface area contributed by atoms with Gasteiger partial charge in [-0.1, -0.05) is 0 Å². The predicted octanol–water partition coefficient (Wildman–Crippen LogP) is 2.77. The highest BCUT2D eigenvalue weighted by Gasteiger charge is 2.29. The number of halogens is 4. The molecule has 0 aliphatic carbocycles. The van der Waals surface area contributed by atoms with E-state index in [1.165, 1.54) is 19.4 Å². The van der Waals surface area contributed by atoms with Gasteiger partial charge in [-0.05, 0) is 0 Å². The van der Waals surface area contributed by atoms with Crippen LogP contribution in [0.25, 0.3) is 0 Å². The molecule has 1 rings (SSSR count). The van der Waals surface area contributed by atoms with Crippen molar-refractivity contribution in [3.8, 4) is 11.5 Å². The normalized spacial score (nSPS) is 11.3. The van der Waals surface area contributed by atoms with Crippen LogP contribution in [0, 0.1) is 0 Å². The number of ether oxygens (including phenoxy) is 2. The molecule has 0 fully saturated rings. The van der Waals surface area contributed by atoms with E-state index in [-0.39, 0.29) is 17.4 Å². The van der Waals surface area contributed by atoms with Gasteiger partial charge in [-0.3, -0.25) is 4.98 Å². The fraction of sp³-hybridized carbons (Fsp3) is 0.444. The summed E-state index contributed by atoms with van der Waals surface area (Å²) in [7, 11) is 1.31. The van der Waals surface area contributed by atoms with Crippen LogP contribution >= 0.6 is 11.6 Å². The molecule has 0 aliphatic rings. The third kappa shape index (κ3) is 3.44. The molecule has 0 amide bonds. The van der Waals surface area contributed by atoms with Crippen LogP contribution in [0.1, 0.15) is 5.69 Å². The fourth-order valence-electron chi connectivity index (χ4n) is 1.06. The van der Waals surface area contributed by atoms with Crippen LogP contribution in [-0.4, -0.2) is 24.9 Å². The van der Waals surface area contributed by atoms with Gasteiger partial charge in [0.1, 0.15) is 5.69 Å². The van der Waals surface area contributed by atoms with Crippen LogP contribution < -0.4 is 9.47 Å². The second-order valence-electron chi connectivity index (χ2n) is 2.83. The van der Waals surface area contributed by atoms with Crippen LogP contribution in [0.4, 0.5) is 13.2 Å². The summed E-state index contributed by atoms with van der Waals surface area (Å²) >= 11 is 5.55. The number of alkyl halides is 4. The standard InChI is InChI=1S/C9H9ClF3NO2/c1-15-8-6(4-10)14-3-2-7(8)16-5-9(11,12)13/h2-3H,4-5H2,1H3. The first-order valence-electron chi connectivity index (χ1n) is 4.25. The third-order valence-corrected chi connectivity index (χ3v) is 1.92. The van der Waals surface area contributed by atoms with E-state index in [1.54, 1.807) is 0 Å². The summed E-state index contributed by atoms with van der Waals surface area (Å²) in [6.07, 6.45) is -3.08. The first-order chi connectivity index (χ1) is 7.48. The molecule has 7 heteroatoms. The molecule has 0 atom stereocenters. The molecule has 0 aliphatic heterocycles. The second kappa shape index (κ2) is 5.25. The van der Waals surface area contributed by atoms with Gasteiger partial charge < -0.3 is 9.47 Å². The smallest absolute Gasteiger partial charge is 0.422 e. The summed E-state index contributed by atoms with van der Waals surface area (Å²) in [6.45, 7) is -1.38. The molecule has 16 heavy (non-hydrogen) atoms. The van der Waals surface area contributed by atoms with Crippen molar-refractivity contribution < 1.29 is 22.6 Å². The SMILES string of the molecule is COc1c(OCC(F)(F)F)ccnc1CCl. The molecule has 0 saturated carbocycles. The van der Waals surface area contributed by atoms with E-state index < -0.39 is 12.8 Å². The molecule has 90 valence electrons. The lowest BCUT2D eigenvalue weighted by molar-refractivity contribution is -0.153. The van der Waals surface area contributed by atoms with Gasteiger partial charge in [0.15, 0.2) is 18.1 Å². The molecular formula is C9H9ClF3NO2. The third-order valence-electron chi connectivity index (χ3n) is 1.66. The molecule has 1 aromatic rings. The van der Waals surface area contributed by atoms with Gasteiger partial charge in [0.2, 0.25) is 0 Å². The minimum Gasteiger partial charge on any atom is -0.491 e. The van der Waals surface area contributed by atoms with Gasteiger partial charge in [-0.2, -0.15) is 13.2 Å². The average Bonchev–Trinajstić information content (AvgIpc) is 2.24. The van der Waals surface area contributed by atoms with E-state index in [2.05, 4.69) is 9.72 Å². The Kier molecular flexibility index (Phi) is 4.23. The molecule has 0 bridgehead atoms. The van der Waals surface area contributed by atoms with Gasteiger partial charge in [0.25, 0.3) is 0 Å². The molecule has 0 unspecified atom stereocenters. The maximum absolute atomic E-state index is 12.0. The zero-order chi connectivity index (χ0) is 12.2. The quantitative estimate of drug-likeness (QED) is 0.776. The van der Waals surface area contributed by atoms with Gasteiger partial charge in [0, 0.05) is 12.3 Å². The predicted molar refractivity (Wildman–Crippen MR) is 51.9 cm³/mol. The van der Waals surface area contributed by atoms with Crippen molar-refractivity contribution in [1.82, 2.24) is 4.98 Å². The molecule has 0 N–H and O–H groups in total. The highest BCUT2D eigenvalue weighted by molar-refractivity contribution is 6.17. The molecule has 3 nitrogen and oxygen atoms in total. The van der Waals surface area contributed by atoms with E-state index in [0.29, 0.717) is 5.69 Å². The summed E-state index contributed by atoms with van der Waals surface area (Å²) in [4.78, 5) is 3.85. The van der Waals surface area contributed by atoms with Gasteiger partial charge in [-0.25, -0.2) is 0 Å². The van der Waals surface area contributed by atoms with E-state index >= 15 is 0 Å². The topological polar surface area (TPSA) is 31.4 Å². The van der Waals surface area contributed by atoms with Crippen LogP contribution in [0.5, 0.6) is 11.5 Å². The zero-order valence-corrected chi connectivity index (χ0v) is 9.10. The van der Waals surface area contributed by atoms with Crippen molar-refractivity contribution in [2.75, 3.05) is 13.7 Å². The molecule has 0 aromatic carbocycles. The fourth-order valence-corrected chi connectivity index (χ4v) is 1.25. The minimum absolute atomic E-state index is 0.0227. The Morgan fingerprint density at radius 1 is 1.44 bits per heavy atom. The van der Waals surface area contributed by atoms with Crippen molar-refractivity contribution >= 4 is 11.6 Å². The van der Waals surface area contributed by atoms with Crippen molar-refractivity contribution in [2.45, 2.75) is 12.1 Å². The highest BCUT2D eigenvalue weighted by Crippen LogP contribution is 2.31. The lowest BCUT2D eigenvalue weighted by Gasteiger charge is -2.13. The van der Waals surface area contributed by atoms with E-state index in [9.17, 15) is 13.2 Å². The van der Waals surface area contributed by atoms with Crippen molar-refractivity contribution in [3.63, 3.8) is 0 Å². The number of methoxy groups -OCH3 is 1. The maximum Gasteiger partial charge on any atom is 0.422 e. The first kappa shape index (κ1) is 12.9. The Morgan fingerprint density at radius 2 is 2.12 bits per heavy atom. The zero-order valence-electron chi connectivity index (χ0n) is 8.34. The molecule has 1 heterocycles. The Hall–Kier alpha value is -1.17. The van der Waals surface area contributed by atoms with E-state index in [1.807, 2.05) is 0 Å². The van der Waals surface area contributed by atoms with Crippen molar-refractivity contribution in [3.05, 3.63) is 18.0 Å². The Bertz CT molecular complexity index is 357. The number of hydrogen-bond donors (Lipinski definition) is 0. The summed E-state index contributed by atoms with van der Waals surface area (Å²) in [5, 5.41) is 0. The first-order valence-corrected chi connectivity index (χ1v) is 4.78. The molecule has 0 saturated heterocycles. The number of hydrogen-bond acceptors (Lipinski definition) is 3. The Balaban J connectivity index is 2.87. The number of rotatable bonds is 4. The molecular weight excluding hydrogens is 247 g/mol. The average molecular weight is 256 g/mol. The largest absolute Gasteiger partial charge is 0.491 e. The van der Waals surface area contributed by atoms with E-state index in [0.717, 1.165) is 0 Å². The Labute approximate surface area is 95.1 Å². The summed E-state index contributed by atoms with van der Waals surface area (Å²) in [6, 6.07) is 1.29. The summed E-state index contributed by atoms with van der Waals surface area (Å²) in [5.74, 6) is 0.138. The van der Waals surface area contributed by atoms with Gasteiger partial charge >= 0.3 is 6.18 Å². The van der Waals surface area contributed by atoms with Crippen LogP contribution in [-0.2, 0) is 5.88 Å². The number of aromatic nitrogens is 1.